The Kier molecular flexibility index (Phi) is 3.89. The highest BCUT2D eigenvalue weighted by molar-refractivity contribution is 6.23. The smallest absolute Gasteiger partial charge is 0.329 e. The van der Waals surface area contributed by atoms with Crippen LogP contribution in [-0.2, 0) is 11.3 Å². The lowest BCUT2D eigenvalue weighted by Gasteiger charge is -2.21. The Morgan fingerprint density at radius 3 is 2.73 bits per heavy atom. The maximum atomic E-state index is 12.9. The number of hydrogen-bond donors (Lipinski definition) is 2. The Morgan fingerprint density at radius 1 is 1.35 bits per heavy atom. The maximum absolute atomic E-state index is 12.9. The van der Waals surface area contributed by atoms with E-state index in [1.165, 1.54) is 4.90 Å². The van der Waals surface area contributed by atoms with Gasteiger partial charge in [-0.25, -0.2) is 14.7 Å². The van der Waals surface area contributed by atoms with E-state index in [1.807, 2.05) is 37.1 Å². The van der Waals surface area contributed by atoms with Crippen molar-refractivity contribution in [2.75, 3.05) is 11.9 Å². The van der Waals surface area contributed by atoms with Crippen molar-refractivity contribution in [1.29, 1.82) is 0 Å². The predicted octanol–water partition coefficient (Wildman–Crippen LogP) is 1.82. The van der Waals surface area contributed by atoms with Crippen LogP contribution >= 0.6 is 0 Å². The number of nitrogens with zero attached hydrogens (tertiary/aromatic N) is 3. The van der Waals surface area contributed by atoms with Crippen LogP contribution in [0.4, 0.5) is 10.5 Å². The van der Waals surface area contributed by atoms with Gasteiger partial charge in [0, 0.05) is 13.1 Å². The van der Waals surface area contributed by atoms with Crippen molar-refractivity contribution in [2.24, 2.45) is 16.6 Å². The Hall–Kier alpha value is -2.57. The predicted molar refractivity (Wildman–Crippen MR) is 99.7 cm³/mol. The number of benzene rings is 1. The minimum Gasteiger partial charge on any atom is -0.370 e. The summed E-state index contributed by atoms with van der Waals surface area (Å²) in [5.74, 6) is 0.599. The number of carbonyl (C=O) groups is 2. The van der Waals surface area contributed by atoms with Crippen molar-refractivity contribution >= 4 is 23.6 Å². The standard InChI is InChI=1S/C19H25N5O2/c1-19(13-6-7-13)16(25)24(18(26)22-19)15-5-3-4-12(10-15)11-21-17(20)23(2)14-8-9-14/h3-5,10,13-14H,6-9,11H2,1-2H3,(H2,20,21)(H,22,26). The van der Waals surface area contributed by atoms with E-state index in [2.05, 4.69) is 10.3 Å². The van der Waals surface area contributed by atoms with Gasteiger partial charge in [-0.05, 0) is 56.2 Å². The summed E-state index contributed by atoms with van der Waals surface area (Å²) in [4.78, 5) is 33.0. The van der Waals surface area contributed by atoms with Crippen molar-refractivity contribution in [2.45, 2.75) is 50.7 Å². The fraction of sp³-hybridized carbons (Fsp3) is 0.526. The summed E-state index contributed by atoms with van der Waals surface area (Å²) < 4.78 is 0. The van der Waals surface area contributed by atoms with Gasteiger partial charge in [-0.15, -0.1) is 0 Å². The third-order valence-electron chi connectivity index (χ3n) is 5.66. The number of nitrogens with one attached hydrogen (secondary N) is 1. The van der Waals surface area contributed by atoms with E-state index in [1.54, 1.807) is 6.07 Å². The summed E-state index contributed by atoms with van der Waals surface area (Å²) in [6, 6.07) is 7.55. The van der Waals surface area contributed by atoms with Gasteiger partial charge in [0.1, 0.15) is 5.54 Å². The largest absolute Gasteiger partial charge is 0.370 e. The molecule has 4 rings (SSSR count). The molecule has 7 nitrogen and oxygen atoms in total. The first-order chi connectivity index (χ1) is 12.4. The number of guanidine groups is 1. The number of amides is 3. The fourth-order valence-electron chi connectivity index (χ4n) is 3.55. The Bertz CT molecular complexity index is 784. The van der Waals surface area contributed by atoms with Crippen LogP contribution in [0.25, 0.3) is 0 Å². The van der Waals surface area contributed by atoms with Gasteiger partial charge in [-0.3, -0.25) is 4.79 Å². The van der Waals surface area contributed by atoms with Crippen LogP contribution in [0, 0.1) is 5.92 Å². The lowest BCUT2D eigenvalue weighted by molar-refractivity contribution is -0.122. The zero-order chi connectivity index (χ0) is 18.5. The molecule has 1 saturated heterocycles. The molecule has 3 aliphatic rings. The molecular formula is C19H25N5O2. The van der Waals surface area contributed by atoms with Gasteiger partial charge in [-0.2, -0.15) is 0 Å². The summed E-state index contributed by atoms with van der Waals surface area (Å²) in [6.07, 6.45) is 4.29. The lowest BCUT2D eigenvalue weighted by Crippen LogP contribution is -2.46. The van der Waals surface area contributed by atoms with Gasteiger partial charge >= 0.3 is 6.03 Å². The van der Waals surface area contributed by atoms with Crippen LogP contribution in [0.3, 0.4) is 0 Å². The number of imide groups is 1. The second-order valence-corrected chi connectivity index (χ2v) is 7.73. The minimum absolute atomic E-state index is 0.168. The van der Waals surface area contributed by atoms with Gasteiger partial charge in [0.05, 0.1) is 12.2 Å². The average Bonchev–Trinajstić information content (AvgIpc) is 3.50. The molecule has 1 atom stereocenters. The number of aliphatic imine (C=N–C) groups is 1. The van der Waals surface area contributed by atoms with Crippen LogP contribution in [0.5, 0.6) is 0 Å². The first kappa shape index (κ1) is 16.9. The zero-order valence-corrected chi connectivity index (χ0v) is 15.2. The number of hydrogen-bond acceptors (Lipinski definition) is 3. The Morgan fingerprint density at radius 2 is 2.08 bits per heavy atom. The number of nitrogens with two attached hydrogens (primary N) is 1. The van der Waals surface area contributed by atoms with Crippen LogP contribution in [0.15, 0.2) is 29.3 Å². The number of urea groups is 1. The van der Waals surface area contributed by atoms with Crippen molar-refractivity contribution in [3.63, 3.8) is 0 Å². The van der Waals surface area contributed by atoms with Crippen molar-refractivity contribution in [3.05, 3.63) is 29.8 Å². The molecule has 1 unspecified atom stereocenters. The molecule has 138 valence electrons. The van der Waals surface area contributed by atoms with E-state index in [-0.39, 0.29) is 17.9 Å². The van der Waals surface area contributed by atoms with Crippen LogP contribution in [0.1, 0.15) is 38.2 Å². The van der Waals surface area contributed by atoms with Gasteiger partial charge in [0.15, 0.2) is 5.96 Å². The van der Waals surface area contributed by atoms with Crippen LogP contribution in [-0.4, -0.2) is 41.4 Å². The third-order valence-corrected chi connectivity index (χ3v) is 5.66. The summed E-state index contributed by atoms with van der Waals surface area (Å²) in [7, 11) is 1.96. The number of anilines is 1. The van der Waals surface area contributed by atoms with Crippen molar-refractivity contribution < 1.29 is 9.59 Å². The number of rotatable bonds is 5. The molecule has 0 radical (unpaired) electrons. The number of carbonyl (C=O) groups excluding carboxylic acids is 2. The SMILES string of the molecule is CN(C(N)=NCc1cccc(N2C(=O)NC(C)(C3CC3)C2=O)c1)C1CC1. The molecule has 2 aliphatic carbocycles. The molecule has 26 heavy (non-hydrogen) atoms. The summed E-state index contributed by atoms with van der Waals surface area (Å²) >= 11 is 0. The van der Waals surface area contributed by atoms with E-state index in [0.717, 1.165) is 31.2 Å². The van der Waals surface area contributed by atoms with Crippen molar-refractivity contribution in [3.8, 4) is 0 Å². The van der Waals surface area contributed by atoms with E-state index in [9.17, 15) is 9.59 Å². The summed E-state index contributed by atoms with van der Waals surface area (Å²) in [5.41, 5.74) is 6.75. The van der Waals surface area contributed by atoms with E-state index in [4.69, 9.17) is 5.73 Å². The molecule has 1 aromatic rings. The molecule has 7 heteroatoms. The minimum atomic E-state index is -0.775. The van der Waals surface area contributed by atoms with Crippen LogP contribution < -0.4 is 16.0 Å². The molecule has 0 aromatic heterocycles. The monoisotopic (exact) mass is 355 g/mol. The highest BCUT2D eigenvalue weighted by Gasteiger charge is 2.56. The molecule has 3 fully saturated rings. The normalized spacial score (nSPS) is 26.2. The summed E-state index contributed by atoms with van der Waals surface area (Å²) in [5, 5.41) is 2.88. The molecule has 1 heterocycles. The van der Waals surface area contributed by atoms with Crippen LogP contribution in [0.2, 0.25) is 0 Å². The maximum Gasteiger partial charge on any atom is 0.329 e. The van der Waals surface area contributed by atoms with Crippen molar-refractivity contribution in [1.82, 2.24) is 10.2 Å². The summed E-state index contributed by atoms with van der Waals surface area (Å²) in [6.45, 7) is 2.24. The van der Waals surface area contributed by atoms with E-state index in [0.29, 0.717) is 24.2 Å². The molecule has 2 saturated carbocycles. The molecule has 1 aromatic carbocycles. The zero-order valence-electron chi connectivity index (χ0n) is 15.2. The van der Waals surface area contributed by atoms with Gasteiger partial charge < -0.3 is 16.0 Å². The highest BCUT2D eigenvalue weighted by Crippen LogP contribution is 2.43. The Labute approximate surface area is 153 Å². The second-order valence-electron chi connectivity index (χ2n) is 7.73. The van der Waals surface area contributed by atoms with Gasteiger partial charge in [-0.1, -0.05) is 12.1 Å². The average molecular weight is 355 g/mol. The van der Waals surface area contributed by atoms with Gasteiger partial charge in [0.25, 0.3) is 5.91 Å². The molecule has 3 amide bonds. The van der Waals surface area contributed by atoms with Gasteiger partial charge in [0.2, 0.25) is 0 Å². The molecule has 0 spiro atoms. The van der Waals surface area contributed by atoms with E-state index < -0.39 is 5.54 Å². The molecular weight excluding hydrogens is 330 g/mol. The highest BCUT2D eigenvalue weighted by atomic mass is 16.2. The molecule has 1 aliphatic heterocycles. The third kappa shape index (κ3) is 2.91. The lowest BCUT2D eigenvalue weighted by atomic mass is 9.96. The Balaban J connectivity index is 1.51. The molecule has 0 bridgehead atoms. The first-order valence-electron chi connectivity index (χ1n) is 9.18. The first-order valence-corrected chi connectivity index (χ1v) is 9.18. The fourth-order valence-corrected chi connectivity index (χ4v) is 3.55. The molecule has 3 N–H and O–H groups in total. The topological polar surface area (TPSA) is 91.0 Å². The second kappa shape index (κ2) is 6.00. The quantitative estimate of drug-likeness (QED) is 0.479. The van der Waals surface area contributed by atoms with E-state index >= 15 is 0 Å².